The Labute approximate surface area is 85.5 Å². The quantitative estimate of drug-likeness (QED) is 0.890. The first kappa shape index (κ1) is 10.2. The van der Waals surface area contributed by atoms with Crippen molar-refractivity contribution >= 4 is 27.3 Å². The highest BCUT2D eigenvalue weighted by Gasteiger charge is 2.10. The average molecular weight is 249 g/mol. The molecule has 4 heteroatoms. The van der Waals surface area contributed by atoms with Crippen molar-refractivity contribution in [2.24, 2.45) is 0 Å². The third-order valence-electron chi connectivity index (χ3n) is 1.53. The number of halogens is 1. The van der Waals surface area contributed by atoms with E-state index in [0.29, 0.717) is 5.92 Å². The van der Waals surface area contributed by atoms with Crippen LogP contribution in [0.25, 0.3) is 0 Å². The highest BCUT2D eigenvalue weighted by Crippen LogP contribution is 2.29. The Hall–Kier alpha value is 0.0700. The van der Waals surface area contributed by atoms with Crippen LogP contribution in [-0.2, 0) is 6.54 Å². The summed E-state index contributed by atoms with van der Waals surface area (Å²) in [5.41, 5.74) is 1.17. The zero-order chi connectivity index (χ0) is 9.14. The van der Waals surface area contributed by atoms with Crippen LogP contribution in [0.2, 0.25) is 0 Å². The Morgan fingerprint density at radius 2 is 2.25 bits per heavy atom. The van der Waals surface area contributed by atoms with Crippen LogP contribution in [0.15, 0.2) is 3.79 Å². The van der Waals surface area contributed by atoms with Gasteiger partial charge >= 0.3 is 0 Å². The van der Waals surface area contributed by atoms with Crippen LogP contribution >= 0.6 is 27.3 Å². The summed E-state index contributed by atoms with van der Waals surface area (Å²) in [6.45, 7) is 5.17. The summed E-state index contributed by atoms with van der Waals surface area (Å²) in [5, 5.41) is 4.24. The number of nitrogens with one attached hydrogen (secondary N) is 1. The Bertz CT molecular complexity index is 258. The first-order valence-corrected chi connectivity index (χ1v) is 5.55. The van der Waals surface area contributed by atoms with E-state index in [4.69, 9.17) is 0 Å². The van der Waals surface area contributed by atoms with Gasteiger partial charge in [0.25, 0.3) is 0 Å². The Morgan fingerprint density at radius 1 is 1.58 bits per heavy atom. The number of aromatic nitrogens is 1. The van der Waals surface area contributed by atoms with Gasteiger partial charge in [-0.2, -0.15) is 0 Å². The van der Waals surface area contributed by atoms with Gasteiger partial charge in [0.15, 0.2) is 0 Å². The summed E-state index contributed by atoms with van der Waals surface area (Å²) < 4.78 is 1.17. The maximum Gasteiger partial charge on any atom is 0.108 e. The van der Waals surface area contributed by atoms with Crippen molar-refractivity contribution in [1.29, 1.82) is 0 Å². The van der Waals surface area contributed by atoms with E-state index < -0.39 is 0 Å². The number of hydrogen-bond donors (Lipinski definition) is 1. The van der Waals surface area contributed by atoms with Crippen molar-refractivity contribution in [3.63, 3.8) is 0 Å². The molecule has 0 fully saturated rings. The molecule has 0 bridgehead atoms. The highest BCUT2D eigenvalue weighted by molar-refractivity contribution is 9.11. The van der Waals surface area contributed by atoms with Gasteiger partial charge < -0.3 is 5.32 Å². The first-order valence-electron chi connectivity index (χ1n) is 3.94. The molecular weight excluding hydrogens is 236 g/mol. The van der Waals surface area contributed by atoms with E-state index in [2.05, 4.69) is 40.1 Å². The van der Waals surface area contributed by atoms with Crippen LogP contribution in [0.4, 0.5) is 0 Å². The Kier molecular flexibility index (Phi) is 3.68. The SMILES string of the molecule is CNCc1nc(C(C)C)c(Br)s1. The zero-order valence-corrected chi connectivity index (χ0v) is 9.92. The van der Waals surface area contributed by atoms with Gasteiger partial charge in [-0.1, -0.05) is 13.8 Å². The summed E-state index contributed by atoms with van der Waals surface area (Å²) in [7, 11) is 1.93. The van der Waals surface area contributed by atoms with E-state index in [1.165, 1.54) is 9.48 Å². The molecular formula is C8H13BrN2S. The fraction of sp³-hybridized carbons (Fsp3) is 0.625. The maximum absolute atomic E-state index is 4.51. The van der Waals surface area contributed by atoms with Gasteiger partial charge in [0.2, 0.25) is 0 Å². The standard InChI is InChI=1S/C8H13BrN2S/c1-5(2)7-8(9)12-6(11-7)4-10-3/h5,10H,4H2,1-3H3. The summed E-state index contributed by atoms with van der Waals surface area (Å²) in [5.74, 6) is 0.501. The number of nitrogens with zero attached hydrogens (tertiary/aromatic N) is 1. The van der Waals surface area contributed by atoms with Gasteiger partial charge in [-0.15, -0.1) is 11.3 Å². The van der Waals surface area contributed by atoms with Crippen LogP contribution in [0.3, 0.4) is 0 Å². The Morgan fingerprint density at radius 3 is 2.67 bits per heavy atom. The van der Waals surface area contributed by atoms with E-state index in [-0.39, 0.29) is 0 Å². The van der Waals surface area contributed by atoms with Gasteiger partial charge in [0, 0.05) is 6.54 Å². The topological polar surface area (TPSA) is 24.9 Å². The van der Waals surface area contributed by atoms with Crippen molar-refractivity contribution < 1.29 is 0 Å². The monoisotopic (exact) mass is 248 g/mol. The van der Waals surface area contributed by atoms with Crippen LogP contribution < -0.4 is 5.32 Å². The molecule has 68 valence electrons. The molecule has 1 heterocycles. The van der Waals surface area contributed by atoms with Crippen molar-refractivity contribution in [2.75, 3.05) is 7.05 Å². The minimum Gasteiger partial charge on any atom is -0.314 e. The molecule has 0 amide bonds. The summed E-state index contributed by atoms with van der Waals surface area (Å²) in [6.07, 6.45) is 0. The van der Waals surface area contributed by atoms with Crippen molar-refractivity contribution in [3.05, 3.63) is 14.5 Å². The lowest BCUT2D eigenvalue weighted by molar-refractivity contribution is 0.778. The fourth-order valence-electron chi connectivity index (χ4n) is 0.940. The lowest BCUT2D eigenvalue weighted by Crippen LogP contribution is -2.04. The summed E-state index contributed by atoms with van der Waals surface area (Å²) >= 11 is 5.23. The van der Waals surface area contributed by atoms with Crippen LogP contribution in [0.5, 0.6) is 0 Å². The lowest BCUT2D eigenvalue weighted by atomic mass is 10.2. The number of thiazole rings is 1. The first-order chi connectivity index (χ1) is 5.65. The minimum atomic E-state index is 0.501. The summed E-state index contributed by atoms with van der Waals surface area (Å²) in [6, 6.07) is 0. The van der Waals surface area contributed by atoms with E-state index >= 15 is 0 Å². The molecule has 0 aliphatic heterocycles. The third kappa shape index (κ3) is 2.28. The largest absolute Gasteiger partial charge is 0.314 e. The lowest BCUT2D eigenvalue weighted by Gasteiger charge is -1.98. The van der Waals surface area contributed by atoms with E-state index in [0.717, 1.165) is 11.6 Å². The van der Waals surface area contributed by atoms with Crippen molar-refractivity contribution in [3.8, 4) is 0 Å². The van der Waals surface area contributed by atoms with Gasteiger partial charge in [-0.3, -0.25) is 0 Å². The molecule has 1 N–H and O–H groups in total. The predicted molar refractivity (Wildman–Crippen MR) is 56.7 cm³/mol. The second-order valence-corrected chi connectivity index (χ2v) is 5.35. The molecule has 12 heavy (non-hydrogen) atoms. The van der Waals surface area contributed by atoms with Crippen molar-refractivity contribution in [1.82, 2.24) is 10.3 Å². The smallest absolute Gasteiger partial charge is 0.108 e. The number of rotatable bonds is 3. The second-order valence-electron chi connectivity index (χ2n) is 2.95. The van der Waals surface area contributed by atoms with E-state index in [1.807, 2.05) is 7.05 Å². The maximum atomic E-state index is 4.51. The molecule has 0 spiro atoms. The molecule has 0 atom stereocenters. The molecule has 0 saturated carbocycles. The molecule has 1 rings (SSSR count). The highest BCUT2D eigenvalue weighted by atomic mass is 79.9. The molecule has 1 aromatic rings. The van der Waals surface area contributed by atoms with Crippen LogP contribution in [-0.4, -0.2) is 12.0 Å². The normalized spacial score (nSPS) is 11.1. The van der Waals surface area contributed by atoms with Gasteiger partial charge in [-0.25, -0.2) is 4.98 Å². The molecule has 0 aliphatic carbocycles. The molecule has 0 aliphatic rings. The third-order valence-corrected chi connectivity index (χ3v) is 3.28. The van der Waals surface area contributed by atoms with Crippen LogP contribution in [0.1, 0.15) is 30.5 Å². The molecule has 1 aromatic heterocycles. The molecule has 0 unspecified atom stereocenters. The summed E-state index contributed by atoms with van der Waals surface area (Å²) in [4.78, 5) is 4.51. The van der Waals surface area contributed by atoms with E-state index in [1.54, 1.807) is 11.3 Å². The van der Waals surface area contributed by atoms with Gasteiger partial charge in [-0.05, 0) is 28.9 Å². The molecule has 0 saturated heterocycles. The van der Waals surface area contributed by atoms with E-state index in [9.17, 15) is 0 Å². The molecule has 0 aromatic carbocycles. The molecule has 2 nitrogen and oxygen atoms in total. The van der Waals surface area contributed by atoms with Gasteiger partial charge in [0.05, 0.1) is 9.48 Å². The van der Waals surface area contributed by atoms with Crippen LogP contribution in [0, 0.1) is 0 Å². The predicted octanol–water partition coefficient (Wildman–Crippen LogP) is 2.75. The average Bonchev–Trinajstić information content (AvgIpc) is 2.32. The zero-order valence-electron chi connectivity index (χ0n) is 7.52. The number of hydrogen-bond acceptors (Lipinski definition) is 3. The molecule has 0 radical (unpaired) electrons. The van der Waals surface area contributed by atoms with Crippen molar-refractivity contribution in [2.45, 2.75) is 26.3 Å². The fourth-order valence-corrected chi connectivity index (χ4v) is 3.00. The Balaban J connectivity index is 2.85. The second kappa shape index (κ2) is 4.35. The minimum absolute atomic E-state index is 0.501. The van der Waals surface area contributed by atoms with Gasteiger partial charge in [0.1, 0.15) is 5.01 Å².